The molecule has 1 aliphatic heterocycles. The number of anilines is 1. The molecular weight excluding hydrogens is 315 g/mol. The minimum atomic E-state index is -0.706. The second-order valence-corrected chi connectivity index (χ2v) is 5.71. The lowest BCUT2D eigenvalue weighted by atomic mass is 10.1. The van der Waals surface area contributed by atoms with Crippen LogP contribution in [0.15, 0.2) is 12.1 Å². The zero-order chi connectivity index (χ0) is 15.4. The average Bonchev–Trinajstić information content (AvgIpc) is 2.49. The average molecular weight is 331 g/mol. The number of likely N-dealkylation sites (tertiary alicyclic amines) is 1. The number of carbonyl (C=O) groups is 2. The van der Waals surface area contributed by atoms with Gasteiger partial charge >= 0.3 is 5.97 Å². The smallest absolute Gasteiger partial charge is 0.340 e. The highest BCUT2D eigenvalue weighted by molar-refractivity contribution is 6.37. The summed E-state index contributed by atoms with van der Waals surface area (Å²) in [4.78, 5) is 25.6. The molecule has 1 aliphatic rings. The molecule has 0 radical (unpaired) electrons. The van der Waals surface area contributed by atoms with E-state index in [-0.39, 0.29) is 33.8 Å². The van der Waals surface area contributed by atoms with E-state index < -0.39 is 5.97 Å². The van der Waals surface area contributed by atoms with Crippen molar-refractivity contribution in [1.82, 2.24) is 4.90 Å². The molecule has 0 unspecified atom stereocenters. The van der Waals surface area contributed by atoms with E-state index in [0.29, 0.717) is 13.1 Å². The van der Waals surface area contributed by atoms with Crippen LogP contribution in [0.25, 0.3) is 0 Å². The van der Waals surface area contributed by atoms with Gasteiger partial charge in [0.05, 0.1) is 16.3 Å². The molecule has 2 N–H and O–H groups in total. The Kier molecular flexibility index (Phi) is 5.31. The summed E-state index contributed by atoms with van der Waals surface area (Å²) in [6.07, 6.45) is 3.09. The number of piperidine rings is 1. The van der Waals surface area contributed by atoms with Crippen molar-refractivity contribution in [3.8, 4) is 0 Å². The number of esters is 1. The third-order valence-corrected chi connectivity index (χ3v) is 3.88. The molecule has 21 heavy (non-hydrogen) atoms. The highest BCUT2D eigenvalue weighted by Crippen LogP contribution is 2.28. The summed E-state index contributed by atoms with van der Waals surface area (Å²) in [5.41, 5.74) is 5.88. The number of nitrogen functional groups attached to an aromatic ring is 1. The normalized spacial score (nSPS) is 14.9. The molecule has 1 aromatic rings. The van der Waals surface area contributed by atoms with E-state index in [4.69, 9.17) is 33.7 Å². The zero-order valence-electron chi connectivity index (χ0n) is 11.4. The number of hydrogen-bond acceptors (Lipinski definition) is 4. The number of hydrogen-bond donors (Lipinski definition) is 1. The molecule has 0 aromatic heterocycles. The van der Waals surface area contributed by atoms with E-state index in [1.807, 2.05) is 0 Å². The predicted octanol–water partition coefficient (Wildman–Crippen LogP) is 2.74. The zero-order valence-corrected chi connectivity index (χ0v) is 12.9. The highest BCUT2D eigenvalue weighted by Gasteiger charge is 2.20. The second kappa shape index (κ2) is 7.00. The van der Waals surface area contributed by atoms with Crippen LogP contribution in [0.3, 0.4) is 0 Å². The molecule has 1 amide bonds. The van der Waals surface area contributed by atoms with Crippen LogP contribution < -0.4 is 5.73 Å². The third kappa shape index (κ3) is 4.02. The summed E-state index contributed by atoms with van der Waals surface area (Å²) in [5.74, 6) is -0.906. The molecule has 0 saturated carbocycles. The van der Waals surface area contributed by atoms with Crippen molar-refractivity contribution < 1.29 is 14.3 Å². The molecule has 7 heteroatoms. The summed E-state index contributed by atoms with van der Waals surface area (Å²) in [6.45, 7) is 1.12. The van der Waals surface area contributed by atoms with E-state index in [1.54, 1.807) is 4.90 Å². The number of benzene rings is 1. The molecule has 114 valence electrons. The number of rotatable bonds is 3. The minimum Gasteiger partial charge on any atom is -0.452 e. The molecule has 2 rings (SSSR count). The summed E-state index contributed by atoms with van der Waals surface area (Å²) in [7, 11) is 0. The molecule has 0 bridgehead atoms. The first-order valence-electron chi connectivity index (χ1n) is 6.68. The Bertz CT molecular complexity index is 557. The number of nitrogens with zero attached hydrogens (tertiary/aromatic N) is 1. The second-order valence-electron chi connectivity index (χ2n) is 4.87. The highest BCUT2D eigenvalue weighted by atomic mass is 35.5. The van der Waals surface area contributed by atoms with Crippen molar-refractivity contribution in [2.75, 3.05) is 25.4 Å². The molecule has 0 spiro atoms. The van der Waals surface area contributed by atoms with Gasteiger partial charge in [-0.2, -0.15) is 0 Å². The van der Waals surface area contributed by atoms with Crippen LogP contribution in [0.1, 0.15) is 29.6 Å². The van der Waals surface area contributed by atoms with Crippen LogP contribution >= 0.6 is 23.2 Å². The summed E-state index contributed by atoms with van der Waals surface area (Å²) in [6, 6.07) is 2.81. The van der Waals surface area contributed by atoms with E-state index in [2.05, 4.69) is 0 Å². The first-order valence-corrected chi connectivity index (χ1v) is 7.44. The first-order chi connectivity index (χ1) is 9.99. The quantitative estimate of drug-likeness (QED) is 0.683. The Labute approximate surface area is 132 Å². The van der Waals surface area contributed by atoms with Crippen molar-refractivity contribution >= 4 is 40.8 Å². The van der Waals surface area contributed by atoms with Gasteiger partial charge in [-0.25, -0.2) is 4.79 Å². The van der Waals surface area contributed by atoms with E-state index in [0.717, 1.165) is 19.3 Å². The van der Waals surface area contributed by atoms with Gasteiger partial charge in [0.1, 0.15) is 0 Å². The topological polar surface area (TPSA) is 72.6 Å². The maximum absolute atomic E-state index is 12.0. The van der Waals surface area contributed by atoms with E-state index >= 15 is 0 Å². The van der Waals surface area contributed by atoms with Crippen molar-refractivity contribution in [3.05, 3.63) is 27.7 Å². The number of nitrogens with two attached hydrogens (primary N) is 1. The Morgan fingerprint density at radius 2 is 1.86 bits per heavy atom. The van der Waals surface area contributed by atoms with Crippen LogP contribution in [-0.2, 0) is 9.53 Å². The summed E-state index contributed by atoms with van der Waals surface area (Å²) in [5, 5.41) is 0.459. The van der Waals surface area contributed by atoms with Crippen molar-refractivity contribution in [1.29, 1.82) is 0 Å². The van der Waals surface area contributed by atoms with Gasteiger partial charge in [-0.05, 0) is 31.4 Å². The Morgan fingerprint density at radius 3 is 2.52 bits per heavy atom. The van der Waals surface area contributed by atoms with Crippen LogP contribution in [0, 0.1) is 0 Å². The fraction of sp³-hybridized carbons (Fsp3) is 0.429. The number of amides is 1. The van der Waals surface area contributed by atoms with Crippen LogP contribution in [0.4, 0.5) is 5.69 Å². The van der Waals surface area contributed by atoms with Gasteiger partial charge in [0.2, 0.25) is 0 Å². The monoisotopic (exact) mass is 330 g/mol. The molecule has 1 heterocycles. The van der Waals surface area contributed by atoms with Gasteiger partial charge in [0.15, 0.2) is 6.61 Å². The van der Waals surface area contributed by atoms with Gasteiger partial charge in [0, 0.05) is 18.1 Å². The molecular formula is C14H16Cl2N2O3. The maximum atomic E-state index is 12.0. The van der Waals surface area contributed by atoms with Gasteiger partial charge in [-0.15, -0.1) is 0 Å². The Hall–Kier alpha value is -1.46. The lowest BCUT2D eigenvalue weighted by Crippen LogP contribution is -2.38. The molecule has 1 aromatic carbocycles. The van der Waals surface area contributed by atoms with Crippen molar-refractivity contribution in [2.45, 2.75) is 19.3 Å². The van der Waals surface area contributed by atoms with E-state index in [1.165, 1.54) is 12.1 Å². The van der Waals surface area contributed by atoms with Crippen LogP contribution in [0.2, 0.25) is 10.0 Å². The van der Waals surface area contributed by atoms with Crippen molar-refractivity contribution in [3.63, 3.8) is 0 Å². The summed E-state index contributed by atoms with van der Waals surface area (Å²) >= 11 is 11.7. The third-order valence-electron chi connectivity index (χ3n) is 3.35. The number of halogens is 2. The molecule has 1 saturated heterocycles. The molecule has 0 aliphatic carbocycles. The Morgan fingerprint density at radius 1 is 1.19 bits per heavy atom. The fourth-order valence-electron chi connectivity index (χ4n) is 2.19. The molecule has 1 fully saturated rings. The standard InChI is InChI=1S/C14H16Cl2N2O3/c15-9-6-10(13(17)11(16)7-9)14(20)21-8-12(19)18-4-2-1-3-5-18/h6-7H,1-5,8,17H2. The molecule has 5 nitrogen and oxygen atoms in total. The first kappa shape index (κ1) is 15.9. The van der Waals surface area contributed by atoms with Gasteiger partial charge in [-0.3, -0.25) is 4.79 Å². The van der Waals surface area contributed by atoms with Gasteiger partial charge in [0.25, 0.3) is 5.91 Å². The number of ether oxygens (including phenoxy) is 1. The van der Waals surface area contributed by atoms with Gasteiger partial charge in [-0.1, -0.05) is 23.2 Å². The predicted molar refractivity (Wildman–Crippen MR) is 81.6 cm³/mol. The Balaban J connectivity index is 1.97. The van der Waals surface area contributed by atoms with E-state index in [9.17, 15) is 9.59 Å². The largest absolute Gasteiger partial charge is 0.452 e. The van der Waals surface area contributed by atoms with Gasteiger partial charge < -0.3 is 15.4 Å². The SMILES string of the molecule is Nc1c(Cl)cc(Cl)cc1C(=O)OCC(=O)N1CCCCC1. The van der Waals surface area contributed by atoms with Crippen molar-refractivity contribution in [2.24, 2.45) is 0 Å². The number of carbonyl (C=O) groups excluding carboxylic acids is 2. The summed E-state index contributed by atoms with van der Waals surface area (Å²) < 4.78 is 5.01. The lowest BCUT2D eigenvalue weighted by molar-refractivity contribution is -0.135. The minimum absolute atomic E-state index is 0.0685. The van der Waals surface area contributed by atoms with Crippen LogP contribution in [0.5, 0.6) is 0 Å². The fourth-order valence-corrected chi connectivity index (χ4v) is 2.69. The van der Waals surface area contributed by atoms with Crippen LogP contribution in [-0.4, -0.2) is 36.5 Å². The lowest BCUT2D eigenvalue weighted by Gasteiger charge is -2.26. The maximum Gasteiger partial charge on any atom is 0.340 e. The molecule has 0 atom stereocenters.